The van der Waals surface area contributed by atoms with Crippen molar-refractivity contribution < 1.29 is 27.8 Å². The van der Waals surface area contributed by atoms with Crippen LogP contribution in [0, 0.1) is 6.92 Å². The minimum absolute atomic E-state index is 0.0747. The number of hydrogen-bond donors (Lipinski definition) is 1. The molecule has 1 aromatic rings. The van der Waals surface area contributed by atoms with E-state index in [-0.39, 0.29) is 11.3 Å². The van der Waals surface area contributed by atoms with Gasteiger partial charge in [0.1, 0.15) is 5.75 Å². The standard InChI is InChI=1S/C11H11F3O3/c1-7-6-8(10(15)16)2-3-9(7)17-5-4-11(12,13)14/h2-3,6H,4-5H2,1H3,(H,15,16). The summed E-state index contributed by atoms with van der Waals surface area (Å²) in [7, 11) is 0. The second kappa shape index (κ2) is 5.07. The number of aryl methyl sites for hydroxylation is 1. The van der Waals surface area contributed by atoms with Gasteiger partial charge in [-0.15, -0.1) is 0 Å². The summed E-state index contributed by atoms with van der Waals surface area (Å²) >= 11 is 0. The van der Waals surface area contributed by atoms with E-state index in [4.69, 9.17) is 9.84 Å². The summed E-state index contributed by atoms with van der Waals surface area (Å²) in [6.07, 6.45) is -5.29. The zero-order valence-corrected chi connectivity index (χ0v) is 9.04. The first-order chi connectivity index (χ1) is 7.79. The van der Waals surface area contributed by atoms with Gasteiger partial charge in [-0.2, -0.15) is 13.2 Å². The molecule has 17 heavy (non-hydrogen) atoms. The van der Waals surface area contributed by atoms with Crippen molar-refractivity contribution in [2.24, 2.45) is 0 Å². The van der Waals surface area contributed by atoms with Gasteiger partial charge in [0, 0.05) is 0 Å². The van der Waals surface area contributed by atoms with Gasteiger partial charge >= 0.3 is 12.1 Å². The summed E-state index contributed by atoms with van der Waals surface area (Å²) in [5.41, 5.74) is 0.567. The maximum atomic E-state index is 11.9. The molecule has 1 aromatic carbocycles. The number of hydrogen-bond acceptors (Lipinski definition) is 2. The van der Waals surface area contributed by atoms with E-state index in [2.05, 4.69) is 0 Å². The molecule has 1 rings (SSSR count). The molecule has 0 saturated carbocycles. The Balaban J connectivity index is 2.64. The van der Waals surface area contributed by atoms with Gasteiger partial charge in [-0.1, -0.05) is 0 Å². The molecule has 0 bridgehead atoms. The Kier molecular flexibility index (Phi) is 3.98. The molecule has 6 heteroatoms. The molecule has 0 radical (unpaired) electrons. The van der Waals surface area contributed by atoms with E-state index in [9.17, 15) is 18.0 Å². The maximum Gasteiger partial charge on any atom is 0.392 e. The van der Waals surface area contributed by atoms with Crippen LogP contribution in [0.1, 0.15) is 22.3 Å². The maximum absolute atomic E-state index is 11.9. The van der Waals surface area contributed by atoms with Crippen molar-refractivity contribution in [3.63, 3.8) is 0 Å². The number of carboxylic acids is 1. The number of rotatable bonds is 4. The Morgan fingerprint density at radius 3 is 2.53 bits per heavy atom. The molecule has 0 aromatic heterocycles. The lowest BCUT2D eigenvalue weighted by atomic mass is 10.1. The van der Waals surface area contributed by atoms with E-state index in [0.29, 0.717) is 5.56 Å². The number of carbonyl (C=O) groups is 1. The number of benzene rings is 1. The molecule has 0 saturated heterocycles. The van der Waals surface area contributed by atoms with Crippen LogP contribution in [0.2, 0.25) is 0 Å². The molecule has 94 valence electrons. The minimum Gasteiger partial charge on any atom is -0.493 e. The summed E-state index contributed by atoms with van der Waals surface area (Å²) in [6.45, 7) is 1.10. The molecular weight excluding hydrogens is 237 g/mol. The van der Waals surface area contributed by atoms with Crippen LogP contribution < -0.4 is 4.74 Å². The first kappa shape index (κ1) is 13.3. The molecule has 3 nitrogen and oxygen atoms in total. The second-order valence-corrected chi connectivity index (χ2v) is 3.50. The average molecular weight is 248 g/mol. The lowest BCUT2D eigenvalue weighted by molar-refractivity contribution is -0.139. The molecule has 0 spiro atoms. The summed E-state index contributed by atoms with van der Waals surface area (Å²) in [4.78, 5) is 10.6. The van der Waals surface area contributed by atoms with Crippen molar-refractivity contribution in [2.75, 3.05) is 6.61 Å². The first-order valence-electron chi connectivity index (χ1n) is 4.83. The molecular formula is C11H11F3O3. The second-order valence-electron chi connectivity index (χ2n) is 3.50. The zero-order chi connectivity index (χ0) is 13.1. The molecule has 0 aliphatic carbocycles. The SMILES string of the molecule is Cc1cc(C(=O)O)ccc1OCCC(F)(F)F. The Labute approximate surface area is 95.8 Å². The Morgan fingerprint density at radius 1 is 1.41 bits per heavy atom. The van der Waals surface area contributed by atoms with E-state index in [1.807, 2.05) is 0 Å². The average Bonchev–Trinajstić information content (AvgIpc) is 2.18. The smallest absolute Gasteiger partial charge is 0.392 e. The highest BCUT2D eigenvalue weighted by Crippen LogP contribution is 2.23. The molecule has 0 unspecified atom stereocenters. The van der Waals surface area contributed by atoms with Crippen molar-refractivity contribution in [1.29, 1.82) is 0 Å². The van der Waals surface area contributed by atoms with Crippen LogP contribution in [0.4, 0.5) is 13.2 Å². The van der Waals surface area contributed by atoms with Crippen LogP contribution in [0.5, 0.6) is 5.75 Å². The van der Waals surface area contributed by atoms with Gasteiger partial charge in [0.25, 0.3) is 0 Å². The van der Waals surface area contributed by atoms with Gasteiger partial charge in [0.2, 0.25) is 0 Å². The van der Waals surface area contributed by atoms with E-state index in [1.165, 1.54) is 18.2 Å². The van der Waals surface area contributed by atoms with E-state index in [0.717, 1.165) is 0 Å². The van der Waals surface area contributed by atoms with Crippen molar-refractivity contribution in [3.8, 4) is 5.75 Å². The van der Waals surface area contributed by atoms with Crippen LogP contribution in [0.15, 0.2) is 18.2 Å². The molecule has 0 fully saturated rings. The lowest BCUT2D eigenvalue weighted by Crippen LogP contribution is -2.13. The highest BCUT2D eigenvalue weighted by atomic mass is 19.4. The van der Waals surface area contributed by atoms with Crippen LogP contribution in [0.3, 0.4) is 0 Å². The fraction of sp³-hybridized carbons (Fsp3) is 0.364. The van der Waals surface area contributed by atoms with E-state index < -0.39 is 25.2 Å². The van der Waals surface area contributed by atoms with Crippen molar-refractivity contribution >= 4 is 5.97 Å². The Morgan fingerprint density at radius 2 is 2.06 bits per heavy atom. The molecule has 0 aliphatic heterocycles. The predicted molar refractivity (Wildman–Crippen MR) is 54.3 cm³/mol. The zero-order valence-electron chi connectivity index (χ0n) is 9.04. The van der Waals surface area contributed by atoms with Crippen molar-refractivity contribution in [2.45, 2.75) is 19.5 Å². The number of alkyl halides is 3. The summed E-state index contributed by atoms with van der Waals surface area (Å²) in [5.74, 6) is -0.825. The van der Waals surface area contributed by atoms with E-state index >= 15 is 0 Å². The quantitative estimate of drug-likeness (QED) is 0.890. The number of aromatic carboxylic acids is 1. The first-order valence-corrected chi connectivity index (χ1v) is 4.83. The summed E-state index contributed by atoms with van der Waals surface area (Å²) < 4.78 is 40.5. The van der Waals surface area contributed by atoms with Crippen molar-refractivity contribution in [1.82, 2.24) is 0 Å². The summed E-state index contributed by atoms with van der Waals surface area (Å²) in [6, 6.07) is 4.00. The molecule has 0 aliphatic rings. The number of carboxylic acid groups (broad SMARTS) is 1. The van der Waals surface area contributed by atoms with Crippen LogP contribution in [-0.2, 0) is 0 Å². The number of halogens is 3. The molecule has 0 heterocycles. The monoisotopic (exact) mass is 248 g/mol. The minimum atomic E-state index is -4.26. The fourth-order valence-corrected chi connectivity index (χ4v) is 1.22. The summed E-state index contributed by atoms with van der Waals surface area (Å²) in [5, 5.41) is 8.69. The van der Waals surface area contributed by atoms with E-state index in [1.54, 1.807) is 6.92 Å². The van der Waals surface area contributed by atoms with Gasteiger partial charge in [0.05, 0.1) is 18.6 Å². The number of ether oxygens (including phenoxy) is 1. The third-order valence-electron chi connectivity index (χ3n) is 2.06. The Bertz CT molecular complexity index is 413. The normalized spacial score (nSPS) is 11.3. The molecule has 1 N–H and O–H groups in total. The lowest BCUT2D eigenvalue weighted by Gasteiger charge is -2.11. The topological polar surface area (TPSA) is 46.5 Å². The molecule has 0 atom stereocenters. The highest BCUT2D eigenvalue weighted by molar-refractivity contribution is 5.88. The van der Waals surface area contributed by atoms with Gasteiger partial charge in [0.15, 0.2) is 0 Å². The van der Waals surface area contributed by atoms with Crippen LogP contribution in [-0.4, -0.2) is 23.9 Å². The van der Waals surface area contributed by atoms with Gasteiger partial charge in [-0.05, 0) is 30.7 Å². The third-order valence-corrected chi connectivity index (χ3v) is 2.06. The van der Waals surface area contributed by atoms with Crippen molar-refractivity contribution in [3.05, 3.63) is 29.3 Å². The highest BCUT2D eigenvalue weighted by Gasteiger charge is 2.26. The largest absolute Gasteiger partial charge is 0.493 e. The fourth-order valence-electron chi connectivity index (χ4n) is 1.22. The third kappa shape index (κ3) is 4.34. The van der Waals surface area contributed by atoms with Gasteiger partial charge in [-0.3, -0.25) is 0 Å². The molecule has 0 amide bonds. The van der Waals surface area contributed by atoms with Gasteiger partial charge < -0.3 is 9.84 Å². The Hall–Kier alpha value is -1.72. The van der Waals surface area contributed by atoms with Gasteiger partial charge in [-0.25, -0.2) is 4.79 Å². The van der Waals surface area contributed by atoms with Crippen LogP contribution >= 0.6 is 0 Å². The van der Waals surface area contributed by atoms with Crippen LogP contribution in [0.25, 0.3) is 0 Å². The predicted octanol–water partition coefficient (Wildman–Crippen LogP) is 3.02.